The summed E-state index contributed by atoms with van der Waals surface area (Å²) in [6, 6.07) is 0.489. The van der Waals surface area contributed by atoms with Gasteiger partial charge in [-0.3, -0.25) is 4.90 Å². The number of carboxylic acids is 1. The molecule has 0 aromatic carbocycles. The van der Waals surface area contributed by atoms with Crippen molar-refractivity contribution in [2.24, 2.45) is 0 Å². The number of hydrogen-bond acceptors (Lipinski definition) is 5. The highest BCUT2D eigenvalue weighted by Crippen LogP contribution is 2.26. The second-order valence-corrected chi connectivity index (χ2v) is 4.82. The molecule has 1 aromatic rings. The van der Waals surface area contributed by atoms with Crippen LogP contribution in [-0.4, -0.2) is 50.2 Å². The lowest BCUT2D eigenvalue weighted by molar-refractivity contribution is 0.0687. The van der Waals surface area contributed by atoms with E-state index in [1.54, 1.807) is 0 Å². The molecule has 0 atom stereocenters. The minimum absolute atomic E-state index is 0.152. The van der Waals surface area contributed by atoms with E-state index in [9.17, 15) is 4.79 Å². The Kier molecular flexibility index (Phi) is 4.81. The van der Waals surface area contributed by atoms with E-state index in [2.05, 4.69) is 14.9 Å². The fourth-order valence-electron chi connectivity index (χ4n) is 2.27. The Balaban J connectivity index is 2.09. The van der Waals surface area contributed by atoms with Crippen LogP contribution < -0.4 is 0 Å². The highest BCUT2D eigenvalue weighted by molar-refractivity contribution is 5.88. The molecule has 0 aliphatic heterocycles. The Morgan fingerprint density at radius 2 is 2.26 bits per heavy atom. The van der Waals surface area contributed by atoms with E-state index in [4.69, 9.17) is 10.2 Å². The van der Waals surface area contributed by atoms with Crippen molar-refractivity contribution in [1.29, 1.82) is 0 Å². The molecule has 1 aliphatic carbocycles. The van der Waals surface area contributed by atoms with Crippen molar-refractivity contribution >= 4 is 5.97 Å². The highest BCUT2D eigenvalue weighted by Gasteiger charge is 2.26. The van der Waals surface area contributed by atoms with Gasteiger partial charge < -0.3 is 10.2 Å². The molecule has 1 aliphatic rings. The molecule has 6 heteroatoms. The zero-order valence-electron chi connectivity index (χ0n) is 10.8. The number of aromatic carboxylic acids is 1. The summed E-state index contributed by atoms with van der Waals surface area (Å²) in [4.78, 5) is 21.2. The van der Waals surface area contributed by atoms with Crippen molar-refractivity contribution in [3.05, 3.63) is 23.8 Å². The molecule has 104 valence electrons. The predicted octanol–water partition coefficient (Wildman–Crippen LogP) is 0.912. The van der Waals surface area contributed by atoms with Gasteiger partial charge in [0.2, 0.25) is 0 Å². The van der Waals surface area contributed by atoms with Crippen molar-refractivity contribution in [3.63, 3.8) is 0 Å². The van der Waals surface area contributed by atoms with E-state index < -0.39 is 5.97 Å². The zero-order valence-corrected chi connectivity index (χ0v) is 10.8. The standard InChI is InChI=1S/C13H19N3O3/c17-6-2-5-16(10-3-1-4-10)8-12-11(13(18)19)7-14-9-15-12/h7,9-10,17H,1-6,8H2,(H,18,19). The first kappa shape index (κ1) is 13.9. The summed E-state index contributed by atoms with van der Waals surface area (Å²) in [7, 11) is 0. The largest absolute Gasteiger partial charge is 0.478 e. The van der Waals surface area contributed by atoms with Crippen LogP contribution in [0.3, 0.4) is 0 Å². The molecule has 0 amide bonds. The summed E-state index contributed by atoms with van der Waals surface area (Å²) < 4.78 is 0. The van der Waals surface area contributed by atoms with Crippen LogP contribution in [0.15, 0.2) is 12.5 Å². The average Bonchev–Trinajstić information content (AvgIpc) is 2.34. The lowest BCUT2D eigenvalue weighted by Crippen LogP contribution is -2.41. The lowest BCUT2D eigenvalue weighted by Gasteiger charge is -2.37. The second kappa shape index (κ2) is 6.58. The quantitative estimate of drug-likeness (QED) is 0.762. The molecule has 0 unspecified atom stereocenters. The minimum atomic E-state index is -0.994. The third-order valence-corrected chi connectivity index (χ3v) is 3.57. The van der Waals surface area contributed by atoms with Gasteiger partial charge in [-0.25, -0.2) is 14.8 Å². The molecule has 6 nitrogen and oxygen atoms in total. The fourth-order valence-corrected chi connectivity index (χ4v) is 2.27. The molecule has 0 spiro atoms. The maximum atomic E-state index is 11.1. The molecule has 0 radical (unpaired) electrons. The molecule has 2 N–H and O–H groups in total. The lowest BCUT2D eigenvalue weighted by atomic mass is 9.91. The number of aliphatic hydroxyl groups excluding tert-OH is 1. The molecule has 2 rings (SSSR count). The van der Waals surface area contributed by atoms with E-state index in [1.807, 2.05) is 0 Å². The minimum Gasteiger partial charge on any atom is -0.478 e. The van der Waals surface area contributed by atoms with Crippen LogP contribution in [0.5, 0.6) is 0 Å². The van der Waals surface area contributed by atoms with Gasteiger partial charge in [0.15, 0.2) is 0 Å². The van der Waals surface area contributed by atoms with Gasteiger partial charge in [-0.1, -0.05) is 6.42 Å². The van der Waals surface area contributed by atoms with Gasteiger partial charge in [0.05, 0.1) is 5.69 Å². The normalized spacial score (nSPS) is 15.5. The van der Waals surface area contributed by atoms with Crippen LogP contribution in [0, 0.1) is 0 Å². The summed E-state index contributed by atoms with van der Waals surface area (Å²) in [5, 5.41) is 18.1. The first-order chi connectivity index (χ1) is 9.22. The summed E-state index contributed by atoms with van der Waals surface area (Å²) in [5.41, 5.74) is 0.711. The van der Waals surface area contributed by atoms with E-state index in [0.717, 1.165) is 19.4 Å². The second-order valence-electron chi connectivity index (χ2n) is 4.82. The Labute approximate surface area is 112 Å². The maximum absolute atomic E-state index is 11.1. The predicted molar refractivity (Wildman–Crippen MR) is 68.7 cm³/mol. The number of rotatable bonds is 7. The third-order valence-electron chi connectivity index (χ3n) is 3.57. The molecule has 1 heterocycles. The van der Waals surface area contributed by atoms with E-state index >= 15 is 0 Å². The summed E-state index contributed by atoms with van der Waals surface area (Å²) >= 11 is 0. The van der Waals surface area contributed by atoms with E-state index in [0.29, 0.717) is 24.7 Å². The topological polar surface area (TPSA) is 86.5 Å². The zero-order chi connectivity index (χ0) is 13.7. The molecular weight excluding hydrogens is 246 g/mol. The van der Waals surface area contributed by atoms with Gasteiger partial charge >= 0.3 is 5.97 Å². The third kappa shape index (κ3) is 3.48. The summed E-state index contributed by atoms with van der Waals surface area (Å²) in [6.45, 7) is 1.43. The molecular formula is C13H19N3O3. The number of nitrogens with zero attached hydrogens (tertiary/aromatic N) is 3. The van der Waals surface area contributed by atoms with Gasteiger partial charge in [0.25, 0.3) is 0 Å². The molecule has 1 aromatic heterocycles. The highest BCUT2D eigenvalue weighted by atomic mass is 16.4. The van der Waals surface area contributed by atoms with E-state index in [1.165, 1.54) is 18.9 Å². The van der Waals surface area contributed by atoms with Gasteiger partial charge in [-0.15, -0.1) is 0 Å². The van der Waals surface area contributed by atoms with E-state index in [-0.39, 0.29) is 12.2 Å². The van der Waals surface area contributed by atoms with Crippen LogP contribution in [0.1, 0.15) is 41.7 Å². The van der Waals surface area contributed by atoms with Crippen molar-refractivity contribution < 1.29 is 15.0 Å². The maximum Gasteiger partial charge on any atom is 0.339 e. The Morgan fingerprint density at radius 3 is 2.84 bits per heavy atom. The van der Waals surface area contributed by atoms with Crippen LogP contribution in [0.25, 0.3) is 0 Å². The molecule has 1 saturated carbocycles. The number of aromatic nitrogens is 2. The number of aliphatic hydroxyl groups is 1. The monoisotopic (exact) mass is 265 g/mol. The van der Waals surface area contributed by atoms with Crippen molar-refractivity contribution in [3.8, 4) is 0 Å². The SMILES string of the molecule is O=C(O)c1cncnc1CN(CCCO)C1CCC1. The van der Waals surface area contributed by atoms with Crippen LogP contribution >= 0.6 is 0 Å². The Morgan fingerprint density at radius 1 is 1.47 bits per heavy atom. The molecule has 1 fully saturated rings. The first-order valence-electron chi connectivity index (χ1n) is 6.59. The van der Waals surface area contributed by atoms with Crippen molar-refractivity contribution in [2.45, 2.75) is 38.3 Å². The summed E-state index contributed by atoms with van der Waals surface area (Å²) in [6.07, 6.45) is 6.92. The van der Waals surface area contributed by atoms with Gasteiger partial charge in [0.1, 0.15) is 11.9 Å². The van der Waals surface area contributed by atoms with Crippen LogP contribution in [0.2, 0.25) is 0 Å². The number of carbonyl (C=O) groups is 1. The van der Waals surface area contributed by atoms with Crippen LogP contribution in [0.4, 0.5) is 0 Å². The van der Waals surface area contributed by atoms with Crippen molar-refractivity contribution in [2.75, 3.05) is 13.2 Å². The van der Waals surface area contributed by atoms with Crippen LogP contribution in [-0.2, 0) is 6.54 Å². The van der Waals surface area contributed by atoms with Gasteiger partial charge in [0, 0.05) is 31.9 Å². The van der Waals surface area contributed by atoms with Gasteiger partial charge in [-0.2, -0.15) is 0 Å². The fraction of sp³-hybridized carbons (Fsp3) is 0.615. The molecule has 0 bridgehead atoms. The molecule has 19 heavy (non-hydrogen) atoms. The van der Waals surface area contributed by atoms with Crippen molar-refractivity contribution in [1.82, 2.24) is 14.9 Å². The summed E-state index contributed by atoms with van der Waals surface area (Å²) in [5.74, 6) is -0.994. The molecule has 0 saturated heterocycles. The Bertz CT molecular complexity index is 435. The Hall–Kier alpha value is -1.53. The average molecular weight is 265 g/mol. The van der Waals surface area contributed by atoms with Gasteiger partial charge in [-0.05, 0) is 19.3 Å². The first-order valence-corrected chi connectivity index (χ1v) is 6.59. The smallest absolute Gasteiger partial charge is 0.339 e. The number of carboxylic acid groups (broad SMARTS) is 1. The number of hydrogen-bond donors (Lipinski definition) is 2.